The van der Waals surface area contributed by atoms with Gasteiger partial charge in [0.25, 0.3) is 5.91 Å². The Morgan fingerprint density at radius 1 is 1.14 bits per heavy atom. The van der Waals surface area contributed by atoms with E-state index in [1.165, 1.54) is 0 Å². The van der Waals surface area contributed by atoms with Crippen molar-refractivity contribution in [3.63, 3.8) is 0 Å². The van der Waals surface area contributed by atoms with E-state index in [-0.39, 0.29) is 17.7 Å². The van der Waals surface area contributed by atoms with Crippen molar-refractivity contribution in [1.82, 2.24) is 10.3 Å². The lowest BCUT2D eigenvalue weighted by Gasteiger charge is -2.08. The number of aryl methyl sites for hydroxylation is 1. The summed E-state index contributed by atoms with van der Waals surface area (Å²) in [4.78, 5) is 29.1. The van der Waals surface area contributed by atoms with Crippen molar-refractivity contribution < 1.29 is 14.7 Å². The first-order chi connectivity index (χ1) is 13.5. The standard InChI is InChI=1S/C20H22N4O3S/c1-3-4-9-21-19(27)24-20-22-12(2)17(28-20)18(26)23-15-10-13-7-5-6-8-14(13)11-16(15)25/h5-8,10-11,25H,3-4,9H2,1-2H3,(H,23,26)(H2,21,22,24,27). The van der Waals surface area contributed by atoms with Gasteiger partial charge in [0.2, 0.25) is 0 Å². The van der Waals surface area contributed by atoms with E-state index in [0.717, 1.165) is 35.0 Å². The van der Waals surface area contributed by atoms with Gasteiger partial charge in [-0.15, -0.1) is 0 Å². The lowest BCUT2D eigenvalue weighted by molar-refractivity contribution is 0.102. The average Bonchev–Trinajstić information content (AvgIpc) is 3.02. The Bertz CT molecular complexity index is 1020. The predicted molar refractivity (Wildman–Crippen MR) is 112 cm³/mol. The molecule has 1 aromatic heterocycles. The number of phenolic OH excluding ortho intramolecular Hbond substituents is 1. The van der Waals surface area contributed by atoms with Gasteiger partial charge in [-0.1, -0.05) is 48.9 Å². The molecule has 8 heteroatoms. The van der Waals surface area contributed by atoms with Crippen LogP contribution in [0.3, 0.4) is 0 Å². The molecule has 0 unspecified atom stereocenters. The highest BCUT2D eigenvalue weighted by atomic mass is 32.1. The van der Waals surface area contributed by atoms with Crippen molar-refractivity contribution in [2.75, 3.05) is 17.2 Å². The molecule has 3 rings (SSSR count). The second-order valence-corrected chi connectivity index (χ2v) is 7.34. The molecule has 0 saturated carbocycles. The Kier molecular flexibility index (Phi) is 6.10. The Morgan fingerprint density at radius 2 is 1.86 bits per heavy atom. The van der Waals surface area contributed by atoms with Gasteiger partial charge in [-0.05, 0) is 36.2 Å². The number of carbonyl (C=O) groups is 2. The molecule has 0 fully saturated rings. The normalized spacial score (nSPS) is 10.6. The van der Waals surface area contributed by atoms with E-state index in [9.17, 15) is 14.7 Å². The number of unbranched alkanes of at least 4 members (excludes halogenated alkanes) is 1. The summed E-state index contributed by atoms with van der Waals surface area (Å²) in [6.45, 7) is 4.33. The van der Waals surface area contributed by atoms with E-state index >= 15 is 0 Å². The van der Waals surface area contributed by atoms with Crippen LogP contribution in [0.2, 0.25) is 0 Å². The fourth-order valence-electron chi connectivity index (χ4n) is 2.69. The van der Waals surface area contributed by atoms with Crippen molar-refractivity contribution in [1.29, 1.82) is 0 Å². The van der Waals surface area contributed by atoms with E-state index in [4.69, 9.17) is 0 Å². The number of amides is 3. The molecule has 0 spiro atoms. The molecule has 0 saturated heterocycles. The maximum atomic E-state index is 12.7. The van der Waals surface area contributed by atoms with E-state index in [1.807, 2.05) is 31.2 Å². The number of aromatic nitrogens is 1. The van der Waals surface area contributed by atoms with Gasteiger partial charge in [-0.3, -0.25) is 10.1 Å². The second-order valence-electron chi connectivity index (χ2n) is 6.34. The third-order valence-corrected chi connectivity index (χ3v) is 5.22. The smallest absolute Gasteiger partial charge is 0.321 e. The number of nitrogens with zero attached hydrogens (tertiary/aromatic N) is 1. The van der Waals surface area contributed by atoms with Crippen LogP contribution in [-0.4, -0.2) is 28.6 Å². The van der Waals surface area contributed by atoms with Crippen molar-refractivity contribution in [2.24, 2.45) is 0 Å². The molecule has 7 nitrogen and oxygen atoms in total. The van der Waals surface area contributed by atoms with Gasteiger partial charge in [-0.2, -0.15) is 0 Å². The molecule has 0 aliphatic carbocycles. The molecule has 0 aliphatic heterocycles. The fourth-order valence-corrected chi connectivity index (χ4v) is 3.54. The number of aromatic hydroxyl groups is 1. The molecule has 146 valence electrons. The van der Waals surface area contributed by atoms with Gasteiger partial charge in [0.15, 0.2) is 5.13 Å². The van der Waals surface area contributed by atoms with Gasteiger partial charge in [0.1, 0.15) is 10.6 Å². The summed E-state index contributed by atoms with van der Waals surface area (Å²) < 4.78 is 0. The second kappa shape index (κ2) is 8.71. The molecule has 3 aromatic rings. The number of rotatable bonds is 6. The van der Waals surface area contributed by atoms with Crippen molar-refractivity contribution >= 4 is 44.9 Å². The van der Waals surface area contributed by atoms with E-state index < -0.39 is 0 Å². The van der Waals surface area contributed by atoms with Crippen LogP contribution in [-0.2, 0) is 0 Å². The highest BCUT2D eigenvalue weighted by molar-refractivity contribution is 7.17. The zero-order chi connectivity index (χ0) is 20.1. The number of benzene rings is 2. The molecule has 2 aromatic carbocycles. The molecule has 0 aliphatic rings. The van der Waals surface area contributed by atoms with E-state index in [2.05, 4.69) is 20.9 Å². The monoisotopic (exact) mass is 398 g/mol. The van der Waals surface area contributed by atoms with Crippen LogP contribution in [0.4, 0.5) is 15.6 Å². The van der Waals surface area contributed by atoms with Gasteiger partial charge in [0, 0.05) is 6.54 Å². The van der Waals surface area contributed by atoms with Crippen LogP contribution in [0.15, 0.2) is 36.4 Å². The molecule has 0 atom stereocenters. The SMILES string of the molecule is CCCCNC(=O)Nc1nc(C)c(C(=O)Nc2cc3ccccc3cc2O)s1. The van der Waals surface area contributed by atoms with Gasteiger partial charge < -0.3 is 15.7 Å². The number of thiazole rings is 1. The van der Waals surface area contributed by atoms with Crippen LogP contribution in [0.25, 0.3) is 10.8 Å². The third kappa shape index (κ3) is 4.58. The summed E-state index contributed by atoms with van der Waals surface area (Å²) in [5, 5.41) is 20.4. The first-order valence-electron chi connectivity index (χ1n) is 9.03. The lowest BCUT2D eigenvalue weighted by Crippen LogP contribution is -2.29. The van der Waals surface area contributed by atoms with Crippen LogP contribution < -0.4 is 16.0 Å². The molecular weight excluding hydrogens is 376 g/mol. The topological polar surface area (TPSA) is 103 Å². The Hall–Kier alpha value is -3.13. The molecular formula is C20H22N4O3S. The summed E-state index contributed by atoms with van der Waals surface area (Å²) in [5.74, 6) is -0.400. The minimum absolute atomic E-state index is 0.0112. The van der Waals surface area contributed by atoms with Crippen molar-refractivity contribution in [3.8, 4) is 5.75 Å². The summed E-state index contributed by atoms with van der Waals surface area (Å²) in [6.07, 6.45) is 1.88. The first-order valence-corrected chi connectivity index (χ1v) is 9.85. The Morgan fingerprint density at radius 3 is 2.57 bits per heavy atom. The molecule has 28 heavy (non-hydrogen) atoms. The lowest BCUT2D eigenvalue weighted by atomic mass is 10.1. The van der Waals surface area contributed by atoms with Gasteiger partial charge >= 0.3 is 6.03 Å². The maximum absolute atomic E-state index is 12.7. The number of hydrogen-bond acceptors (Lipinski definition) is 5. The summed E-state index contributed by atoms with van der Waals surface area (Å²) in [5.41, 5.74) is 0.829. The zero-order valence-electron chi connectivity index (χ0n) is 15.7. The van der Waals surface area contributed by atoms with Crippen LogP contribution in [0.1, 0.15) is 35.1 Å². The Balaban J connectivity index is 1.72. The van der Waals surface area contributed by atoms with Gasteiger partial charge in [-0.25, -0.2) is 9.78 Å². The van der Waals surface area contributed by atoms with Crippen molar-refractivity contribution in [2.45, 2.75) is 26.7 Å². The van der Waals surface area contributed by atoms with Crippen molar-refractivity contribution in [3.05, 3.63) is 47.0 Å². The molecule has 0 radical (unpaired) electrons. The minimum Gasteiger partial charge on any atom is -0.506 e. The summed E-state index contributed by atoms with van der Waals surface area (Å²) in [7, 11) is 0. The number of phenols is 1. The summed E-state index contributed by atoms with van der Waals surface area (Å²) in [6, 6.07) is 10.5. The quantitative estimate of drug-likeness (QED) is 0.363. The number of carbonyl (C=O) groups excluding carboxylic acids is 2. The number of anilines is 2. The molecule has 0 bridgehead atoms. The molecule has 4 N–H and O–H groups in total. The van der Waals surface area contributed by atoms with Crippen LogP contribution >= 0.6 is 11.3 Å². The zero-order valence-corrected chi connectivity index (χ0v) is 16.5. The highest BCUT2D eigenvalue weighted by Crippen LogP contribution is 2.31. The molecule has 1 heterocycles. The van der Waals surface area contributed by atoms with Crippen LogP contribution in [0.5, 0.6) is 5.75 Å². The third-order valence-electron chi connectivity index (χ3n) is 4.15. The highest BCUT2D eigenvalue weighted by Gasteiger charge is 2.18. The van der Waals surface area contributed by atoms with Gasteiger partial charge in [0.05, 0.1) is 11.4 Å². The minimum atomic E-state index is -0.389. The van der Waals surface area contributed by atoms with E-state index in [0.29, 0.717) is 27.9 Å². The first kappa shape index (κ1) is 19.6. The number of hydrogen-bond donors (Lipinski definition) is 4. The molecule has 3 amide bonds. The Labute approximate surface area is 166 Å². The van der Waals surface area contributed by atoms with E-state index in [1.54, 1.807) is 19.1 Å². The predicted octanol–water partition coefficient (Wildman–Crippen LogP) is 4.48. The average molecular weight is 398 g/mol. The number of nitrogens with one attached hydrogen (secondary N) is 3. The maximum Gasteiger partial charge on any atom is 0.321 e. The fraction of sp³-hybridized carbons (Fsp3) is 0.250. The largest absolute Gasteiger partial charge is 0.506 e. The van der Waals surface area contributed by atoms with Crippen LogP contribution in [0, 0.1) is 6.92 Å². The number of fused-ring (bicyclic) bond motifs is 1. The summed E-state index contributed by atoms with van der Waals surface area (Å²) >= 11 is 1.09. The number of urea groups is 1.